The maximum absolute atomic E-state index is 9.19. The van der Waals surface area contributed by atoms with Crippen molar-refractivity contribution in [2.24, 2.45) is 0 Å². The molecule has 0 amide bonds. The van der Waals surface area contributed by atoms with Crippen LogP contribution < -0.4 is 5.46 Å². The second kappa shape index (κ2) is 5.81. The molecule has 0 aromatic carbocycles. The molecule has 2 N–H and O–H groups in total. The minimum atomic E-state index is -1.78. The Morgan fingerprint density at radius 1 is 1.31 bits per heavy atom. The second-order valence-electron chi connectivity index (χ2n) is 2.92. The van der Waals surface area contributed by atoms with Gasteiger partial charge in [0.2, 0.25) is 0 Å². The molecule has 0 bridgehead atoms. The Labute approximate surface area is 103 Å². The van der Waals surface area contributed by atoms with E-state index >= 15 is 0 Å². The average molecular weight is 266 g/mol. The highest BCUT2D eigenvalue weighted by Gasteiger charge is 2.26. The van der Waals surface area contributed by atoms with Gasteiger partial charge >= 0.3 is 7.12 Å². The summed E-state index contributed by atoms with van der Waals surface area (Å²) in [6, 6.07) is 1.40. The van der Waals surface area contributed by atoms with Crippen LogP contribution in [0.5, 0.6) is 0 Å². The Bertz CT molecular complexity index is 373. The van der Waals surface area contributed by atoms with Gasteiger partial charge in [0.15, 0.2) is 6.29 Å². The van der Waals surface area contributed by atoms with Gasteiger partial charge in [0, 0.05) is 25.2 Å². The van der Waals surface area contributed by atoms with Crippen LogP contribution in [-0.2, 0) is 9.47 Å². The van der Waals surface area contributed by atoms with Gasteiger partial charge in [-0.05, 0) is 6.07 Å². The lowest BCUT2D eigenvalue weighted by Gasteiger charge is -2.18. The van der Waals surface area contributed by atoms with Crippen molar-refractivity contribution in [1.82, 2.24) is 4.98 Å². The third-order valence-electron chi connectivity index (χ3n) is 1.95. The first-order valence-electron chi connectivity index (χ1n) is 4.28. The van der Waals surface area contributed by atoms with Gasteiger partial charge in [-0.2, -0.15) is 0 Å². The van der Waals surface area contributed by atoms with Crippen molar-refractivity contribution < 1.29 is 19.5 Å². The van der Waals surface area contributed by atoms with E-state index in [1.807, 2.05) is 0 Å². The predicted octanol–water partition coefficient (Wildman–Crippen LogP) is 0.360. The van der Waals surface area contributed by atoms with Gasteiger partial charge in [-0.15, -0.1) is 0 Å². The molecule has 0 atom stereocenters. The minimum Gasteiger partial charge on any atom is -0.423 e. The van der Waals surface area contributed by atoms with Crippen molar-refractivity contribution in [3.8, 4) is 0 Å². The molecule has 0 radical (unpaired) electrons. The van der Waals surface area contributed by atoms with E-state index < -0.39 is 13.4 Å². The van der Waals surface area contributed by atoms with Crippen LogP contribution in [0.2, 0.25) is 10.3 Å². The number of halogens is 2. The van der Waals surface area contributed by atoms with Gasteiger partial charge in [-0.25, -0.2) is 4.98 Å². The van der Waals surface area contributed by atoms with E-state index in [0.717, 1.165) is 0 Å². The number of nitrogens with zero attached hydrogens (tertiary/aromatic N) is 1. The SMILES string of the molecule is COC(OC)c1cc(Cl)nc(Cl)c1B(O)O. The van der Waals surface area contributed by atoms with Crippen molar-refractivity contribution >= 4 is 35.8 Å². The third-order valence-corrected chi connectivity index (χ3v) is 2.43. The monoisotopic (exact) mass is 265 g/mol. The van der Waals surface area contributed by atoms with Crippen LogP contribution in [0, 0.1) is 0 Å². The Morgan fingerprint density at radius 2 is 1.88 bits per heavy atom. The van der Waals surface area contributed by atoms with E-state index in [0.29, 0.717) is 5.56 Å². The molecule has 0 aliphatic rings. The number of rotatable bonds is 4. The summed E-state index contributed by atoms with van der Waals surface area (Å²) in [4.78, 5) is 3.71. The Hall–Kier alpha value is -0.365. The Kier molecular flexibility index (Phi) is 4.98. The molecule has 0 saturated carbocycles. The molecule has 0 saturated heterocycles. The first kappa shape index (κ1) is 13.7. The predicted molar refractivity (Wildman–Crippen MR) is 60.8 cm³/mol. The zero-order chi connectivity index (χ0) is 12.3. The van der Waals surface area contributed by atoms with Crippen LogP contribution >= 0.6 is 23.2 Å². The molecule has 0 aliphatic carbocycles. The fourth-order valence-corrected chi connectivity index (χ4v) is 1.86. The van der Waals surface area contributed by atoms with E-state index in [4.69, 9.17) is 32.7 Å². The normalized spacial score (nSPS) is 10.9. The Morgan fingerprint density at radius 3 is 2.31 bits per heavy atom. The molecule has 0 spiro atoms. The fraction of sp³-hybridized carbons (Fsp3) is 0.375. The van der Waals surface area contributed by atoms with Crippen LogP contribution in [0.15, 0.2) is 6.07 Å². The first-order valence-corrected chi connectivity index (χ1v) is 5.04. The summed E-state index contributed by atoms with van der Waals surface area (Å²) in [5.41, 5.74) is 0.338. The molecule has 8 heteroatoms. The van der Waals surface area contributed by atoms with Gasteiger partial charge in [0.1, 0.15) is 10.3 Å². The highest BCUT2D eigenvalue weighted by atomic mass is 35.5. The standard InChI is InChI=1S/C8H10BCl2NO4/c1-15-8(16-2)4-3-5(10)12-7(11)6(4)9(13)14/h3,8,13-14H,1-2H3. The molecule has 0 fully saturated rings. The summed E-state index contributed by atoms with van der Waals surface area (Å²) in [6.07, 6.45) is -0.796. The number of methoxy groups -OCH3 is 2. The van der Waals surface area contributed by atoms with Gasteiger partial charge in [0.05, 0.1) is 0 Å². The van der Waals surface area contributed by atoms with Crippen molar-refractivity contribution in [3.63, 3.8) is 0 Å². The quantitative estimate of drug-likeness (QED) is 0.467. The number of hydrogen-bond acceptors (Lipinski definition) is 5. The lowest BCUT2D eigenvalue weighted by atomic mass is 9.78. The van der Waals surface area contributed by atoms with E-state index in [2.05, 4.69) is 4.98 Å². The summed E-state index contributed by atoms with van der Waals surface area (Å²) >= 11 is 11.5. The summed E-state index contributed by atoms with van der Waals surface area (Å²) < 4.78 is 9.99. The fourth-order valence-electron chi connectivity index (χ4n) is 1.31. The van der Waals surface area contributed by atoms with E-state index in [-0.39, 0.29) is 15.8 Å². The summed E-state index contributed by atoms with van der Waals surface area (Å²) in [5, 5.41) is 18.4. The lowest BCUT2D eigenvalue weighted by Crippen LogP contribution is -2.36. The molecule has 1 rings (SSSR count). The first-order chi connectivity index (χ1) is 7.51. The van der Waals surface area contributed by atoms with Crippen molar-refractivity contribution in [2.45, 2.75) is 6.29 Å². The van der Waals surface area contributed by atoms with Crippen LogP contribution in [0.4, 0.5) is 0 Å². The highest BCUT2D eigenvalue weighted by Crippen LogP contribution is 2.21. The number of ether oxygens (including phenoxy) is 2. The highest BCUT2D eigenvalue weighted by molar-refractivity contribution is 6.63. The van der Waals surface area contributed by atoms with Gasteiger partial charge < -0.3 is 19.5 Å². The van der Waals surface area contributed by atoms with Gasteiger partial charge in [-0.1, -0.05) is 23.2 Å². The van der Waals surface area contributed by atoms with Crippen LogP contribution in [0.3, 0.4) is 0 Å². The molecule has 0 aliphatic heterocycles. The number of aromatic nitrogens is 1. The number of hydrogen-bond donors (Lipinski definition) is 2. The van der Waals surface area contributed by atoms with Gasteiger partial charge in [0.25, 0.3) is 0 Å². The molecule has 5 nitrogen and oxygen atoms in total. The molecule has 1 heterocycles. The topological polar surface area (TPSA) is 71.8 Å². The zero-order valence-corrected chi connectivity index (χ0v) is 10.2. The second-order valence-corrected chi connectivity index (χ2v) is 3.66. The molecule has 16 heavy (non-hydrogen) atoms. The van der Waals surface area contributed by atoms with E-state index in [1.165, 1.54) is 20.3 Å². The van der Waals surface area contributed by atoms with Crippen LogP contribution in [0.25, 0.3) is 0 Å². The van der Waals surface area contributed by atoms with E-state index in [1.54, 1.807) is 0 Å². The zero-order valence-electron chi connectivity index (χ0n) is 8.65. The number of pyridine rings is 1. The average Bonchev–Trinajstić information content (AvgIpc) is 2.17. The van der Waals surface area contributed by atoms with E-state index in [9.17, 15) is 10.0 Å². The maximum atomic E-state index is 9.19. The third kappa shape index (κ3) is 2.85. The maximum Gasteiger partial charge on any atom is 0.492 e. The molecule has 1 aromatic rings. The molecular formula is C8H10BCl2NO4. The van der Waals surface area contributed by atoms with Crippen molar-refractivity contribution in [2.75, 3.05) is 14.2 Å². The lowest BCUT2D eigenvalue weighted by molar-refractivity contribution is -0.105. The largest absolute Gasteiger partial charge is 0.492 e. The summed E-state index contributed by atoms with van der Waals surface area (Å²) in [6.45, 7) is 0. The molecule has 0 unspecified atom stereocenters. The van der Waals surface area contributed by atoms with Gasteiger partial charge in [-0.3, -0.25) is 0 Å². The molecular weight excluding hydrogens is 256 g/mol. The Balaban J connectivity index is 3.33. The summed E-state index contributed by atoms with van der Waals surface area (Å²) in [7, 11) is 1.04. The van der Waals surface area contributed by atoms with Crippen LogP contribution in [-0.4, -0.2) is 36.4 Å². The van der Waals surface area contributed by atoms with Crippen molar-refractivity contribution in [1.29, 1.82) is 0 Å². The van der Waals surface area contributed by atoms with Crippen LogP contribution in [0.1, 0.15) is 11.9 Å². The minimum absolute atomic E-state index is 0.0137. The molecule has 1 aromatic heterocycles. The molecule has 88 valence electrons. The smallest absolute Gasteiger partial charge is 0.423 e. The summed E-state index contributed by atoms with van der Waals surface area (Å²) in [5.74, 6) is 0. The van der Waals surface area contributed by atoms with Crippen molar-refractivity contribution in [3.05, 3.63) is 21.9 Å².